The predicted octanol–water partition coefficient (Wildman–Crippen LogP) is 2.57. The number of phenols is 1. The number of hydrogen-bond donors (Lipinski definition) is 2. The molecule has 0 amide bonds. The monoisotopic (exact) mass is 246 g/mol. The normalized spacial score (nSPS) is 27.4. The molecule has 3 heteroatoms. The Morgan fingerprint density at radius 2 is 2.11 bits per heavy atom. The molecule has 0 spiro atoms. The van der Waals surface area contributed by atoms with Crippen LogP contribution in [0.5, 0.6) is 5.75 Å². The van der Waals surface area contributed by atoms with Gasteiger partial charge in [-0.25, -0.2) is 0 Å². The summed E-state index contributed by atoms with van der Waals surface area (Å²) in [6, 6.07) is 5.74. The van der Waals surface area contributed by atoms with Crippen molar-refractivity contribution < 1.29 is 5.11 Å². The molecule has 1 aromatic carbocycles. The van der Waals surface area contributed by atoms with Crippen LogP contribution < -0.4 is 0 Å². The fraction of sp³-hybridized carbons (Fsp3) is 0.533. The van der Waals surface area contributed by atoms with Gasteiger partial charge in [0.05, 0.1) is 6.04 Å². The molecular weight excluding hydrogens is 224 g/mol. The van der Waals surface area contributed by atoms with Crippen LogP contribution in [0.25, 0.3) is 0 Å². The molecule has 0 saturated carbocycles. The SMILES string of the molecule is CCC1(C)C(=N)C(N(C)C)Cc2ccc(O)cc21. The third kappa shape index (κ3) is 1.83. The fourth-order valence-electron chi connectivity index (χ4n) is 2.90. The lowest BCUT2D eigenvalue weighted by Gasteiger charge is -2.42. The third-order valence-corrected chi connectivity index (χ3v) is 4.36. The van der Waals surface area contributed by atoms with E-state index in [4.69, 9.17) is 5.41 Å². The van der Waals surface area contributed by atoms with Crippen LogP contribution in [0.15, 0.2) is 18.2 Å². The number of benzene rings is 1. The van der Waals surface area contributed by atoms with Gasteiger partial charge in [0, 0.05) is 11.1 Å². The van der Waals surface area contributed by atoms with Crippen molar-refractivity contribution >= 4 is 5.71 Å². The van der Waals surface area contributed by atoms with Crippen LogP contribution in [-0.2, 0) is 11.8 Å². The molecule has 0 fully saturated rings. The first kappa shape index (κ1) is 13.1. The van der Waals surface area contributed by atoms with E-state index in [1.54, 1.807) is 6.07 Å². The highest BCUT2D eigenvalue weighted by Gasteiger charge is 2.41. The van der Waals surface area contributed by atoms with Crippen LogP contribution in [0, 0.1) is 5.41 Å². The quantitative estimate of drug-likeness (QED) is 0.842. The molecule has 1 aromatic rings. The second-order valence-electron chi connectivity index (χ2n) is 5.62. The van der Waals surface area contributed by atoms with E-state index in [0.29, 0.717) is 5.75 Å². The summed E-state index contributed by atoms with van der Waals surface area (Å²) in [7, 11) is 4.06. The van der Waals surface area contributed by atoms with Crippen LogP contribution in [-0.4, -0.2) is 35.9 Å². The zero-order valence-corrected chi connectivity index (χ0v) is 11.6. The van der Waals surface area contributed by atoms with Gasteiger partial charge in [-0.1, -0.05) is 19.9 Å². The maximum Gasteiger partial charge on any atom is 0.115 e. The van der Waals surface area contributed by atoms with E-state index in [1.807, 2.05) is 26.2 Å². The van der Waals surface area contributed by atoms with Crippen molar-refractivity contribution in [3.8, 4) is 5.75 Å². The van der Waals surface area contributed by atoms with E-state index in [0.717, 1.165) is 24.1 Å². The second kappa shape index (κ2) is 4.39. The maximum absolute atomic E-state index is 9.70. The molecule has 18 heavy (non-hydrogen) atoms. The third-order valence-electron chi connectivity index (χ3n) is 4.36. The molecule has 1 aliphatic rings. The molecule has 0 aromatic heterocycles. The minimum Gasteiger partial charge on any atom is -0.508 e. The lowest BCUT2D eigenvalue weighted by Crippen LogP contribution is -2.51. The summed E-state index contributed by atoms with van der Waals surface area (Å²) in [5.41, 5.74) is 2.87. The van der Waals surface area contributed by atoms with E-state index in [-0.39, 0.29) is 11.5 Å². The average Bonchev–Trinajstić information content (AvgIpc) is 2.34. The smallest absolute Gasteiger partial charge is 0.115 e. The number of aromatic hydroxyl groups is 1. The van der Waals surface area contributed by atoms with E-state index >= 15 is 0 Å². The van der Waals surface area contributed by atoms with Crippen LogP contribution >= 0.6 is 0 Å². The van der Waals surface area contributed by atoms with Gasteiger partial charge in [0.1, 0.15) is 5.75 Å². The molecule has 3 nitrogen and oxygen atoms in total. The summed E-state index contributed by atoms with van der Waals surface area (Å²) in [6.07, 6.45) is 1.74. The molecule has 2 rings (SSSR count). The fourth-order valence-corrected chi connectivity index (χ4v) is 2.90. The Balaban J connectivity index is 2.59. The largest absolute Gasteiger partial charge is 0.508 e. The predicted molar refractivity (Wildman–Crippen MR) is 74.7 cm³/mol. The van der Waals surface area contributed by atoms with E-state index < -0.39 is 0 Å². The zero-order chi connectivity index (χ0) is 13.5. The van der Waals surface area contributed by atoms with Gasteiger partial charge in [-0.05, 0) is 50.2 Å². The number of hydrogen-bond acceptors (Lipinski definition) is 3. The van der Waals surface area contributed by atoms with Crippen LogP contribution in [0.3, 0.4) is 0 Å². The van der Waals surface area contributed by atoms with Crippen molar-refractivity contribution in [2.24, 2.45) is 0 Å². The van der Waals surface area contributed by atoms with Gasteiger partial charge >= 0.3 is 0 Å². The molecule has 0 saturated heterocycles. The first-order chi connectivity index (χ1) is 8.40. The van der Waals surface area contributed by atoms with Gasteiger partial charge < -0.3 is 15.4 Å². The Bertz CT molecular complexity index is 481. The van der Waals surface area contributed by atoms with Crippen molar-refractivity contribution in [2.75, 3.05) is 14.1 Å². The summed E-state index contributed by atoms with van der Waals surface area (Å²) in [6.45, 7) is 4.23. The van der Waals surface area contributed by atoms with E-state index in [1.165, 1.54) is 5.56 Å². The minimum atomic E-state index is -0.263. The van der Waals surface area contributed by atoms with Gasteiger partial charge in [-0.3, -0.25) is 0 Å². The average molecular weight is 246 g/mol. The van der Waals surface area contributed by atoms with Crippen molar-refractivity contribution in [1.29, 1.82) is 5.41 Å². The first-order valence-electron chi connectivity index (χ1n) is 6.48. The zero-order valence-electron chi connectivity index (χ0n) is 11.6. The van der Waals surface area contributed by atoms with Crippen molar-refractivity contribution in [3.05, 3.63) is 29.3 Å². The van der Waals surface area contributed by atoms with E-state index in [9.17, 15) is 5.11 Å². The van der Waals surface area contributed by atoms with Crippen LogP contribution in [0.1, 0.15) is 31.4 Å². The Labute approximate surface area is 109 Å². The van der Waals surface area contributed by atoms with Gasteiger partial charge in [0.2, 0.25) is 0 Å². The van der Waals surface area contributed by atoms with Crippen molar-refractivity contribution in [3.63, 3.8) is 0 Å². The molecule has 0 aliphatic heterocycles. The highest BCUT2D eigenvalue weighted by atomic mass is 16.3. The number of phenolic OH excluding ortho intramolecular Hbond substituents is 1. The summed E-state index contributed by atoms with van der Waals surface area (Å²) < 4.78 is 0. The number of likely N-dealkylation sites (N-methyl/N-ethyl adjacent to an activating group) is 1. The second-order valence-corrected chi connectivity index (χ2v) is 5.62. The summed E-state index contributed by atoms with van der Waals surface area (Å²) in [5.74, 6) is 0.296. The number of rotatable bonds is 2. The Kier molecular flexibility index (Phi) is 3.20. The topological polar surface area (TPSA) is 47.3 Å². The van der Waals surface area contributed by atoms with E-state index in [2.05, 4.69) is 18.7 Å². The van der Waals surface area contributed by atoms with Crippen molar-refractivity contribution in [2.45, 2.75) is 38.1 Å². The molecule has 0 bridgehead atoms. The van der Waals surface area contributed by atoms with Gasteiger partial charge in [-0.15, -0.1) is 0 Å². The lowest BCUT2D eigenvalue weighted by atomic mass is 9.66. The van der Waals surface area contributed by atoms with Gasteiger partial charge in [0.25, 0.3) is 0 Å². The van der Waals surface area contributed by atoms with Gasteiger partial charge in [-0.2, -0.15) is 0 Å². The number of nitrogens with one attached hydrogen (secondary N) is 1. The molecule has 1 aliphatic carbocycles. The standard InChI is InChI=1S/C15H22N2O/c1-5-15(2)12-9-11(18)7-6-10(12)8-13(14(15)16)17(3)4/h6-7,9,13,16,18H,5,8H2,1-4H3. The minimum absolute atomic E-state index is 0.159. The molecule has 0 heterocycles. The highest BCUT2D eigenvalue weighted by Crippen LogP contribution is 2.39. The summed E-state index contributed by atoms with van der Waals surface area (Å²) in [5, 5.41) is 18.2. The first-order valence-corrected chi connectivity index (χ1v) is 6.48. The highest BCUT2D eigenvalue weighted by molar-refractivity contribution is 5.98. The molecule has 2 atom stereocenters. The summed E-state index contributed by atoms with van der Waals surface area (Å²) >= 11 is 0. The van der Waals surface area contributed by atoms with Crippen LogP contribution in [0.2, 0.25) is 0 Å². The summed E-state index contributed by atoms with van der Waals surface area (Å²) in [4.78, 5) is 2.12. The number of fused-ring (bicyclic) bond motifs is 1. The lowest BCUT2D eigenvalue weighted by molar-refractivity contribution is 0.332. The Morgan fingerprint density at radius 3 is 2.67 bits per heavy atom. The Morgan fingerprint density at radius 1 is 1.44 bits per heavy atom. The van der Waals surface area contributed by atoms with Crippen molar-refractivity contribution in [1.82, 2.24) is 4.90 Å². The molecule has 2 N–H and O–H groups in total. The Hall–Kier alpha value is -1.35. The van der Waals surface area contributed by atoms with Crippen LogP contribution in [0.4, 0.5) is 0 Å². The molecule has 2 unspecified atom stereocenters. The maximum atomic E-state index is 9.70. The molecule has 98 valence electrons. The molecular formula is C15H22N2O. The van der Waals surface area contributed by atoms with Gasteiger partial charge in [0.15, 0.2) is 0 Å². The number of nitrogens with zero attached hydrogens (tertiary/aromatic N) is 1. The molecule has 0 radical (unpaired) electrons.